The lowest BCUT2D eigenvalue weighted by atomic mass is 10.0. The van der Waals surface area contributed by atoms with Gasteiger partial charge in [0.2, 0.25) is 5.91 Å². The van der Waals surface area contributed by atoms with Crippen LogP contribution < -0.4 is 10.6 Å². The number of hydrogen-bond donors (Lipinski definition) is 2. The van der Waals surface area contributed by atoms with E-state index in [2.05, 4.69) is 15.5 Å². The number of furan rings is 1. The minimum atomic E-state index is -0.294. The molecule has 7 heteroatoms. The summed E-state index contributed by atoms with van der Waals surface area (Å²) in [4.78, 5) is 26.9. The third kappa shape index (κ3) is 4.89. The van der Waals surface area contributed by atoms with Gasteiger partial charge < -0.3 is 15.1 Å². The normalized spacial score (nSPS) is 16.0. The first-order valence-corrected chi connectivity index (χ1v) is 9.87. The Balaban J connectivity index is 1.54. The zero-order valence-corrected chi connectivity index (χ0v) is 15.3. The molecule has 0 spiro atoms. The number of nitrogens with zero attached hydrogens (tertiary/aromatic N) is 1. The van der Waals surface area contributed by atoms with E-state index >= 15 is 0 Å². The second-order valence-electron chi connectivity index (χ2n) is 5.99. The highest BCUT2D eigenvalue weighted by Gasteiger charge is 2.28. The van der Waals surface area contributed by atoms with Crippen molar-refractivity contribution in [3.63, 3.8) is 0 Å². The molecule has 2 N–H and O–H groups in total. The molecule has 6 nitrogen and oxygen atoms in total. The molecule has 1 aromatic carbocycles. The number of amides is 2. The number of thioether (sulfide) groups is 1. The van der Waals surface area contributed by atoms with E-state index in [1.54, 1.807) is 12.1 Å². The van der Waals surface area contributed by atoms with Crippen molar-refractivity contribution in [2.75, 3.05) is 37.7 Å². The van der Waals surface area contributed by atoms with Gasteiger partial charge in [0.15, 0.2) is 5.76 Å². The predicted octanol–water partition coefficient (Wildman–Crippen LogP) is 1.92. The average Bonchev–Trinajstić information content (AvgIpc) is 3.22. The number of carbonyl (C=O) groups is 2. The van der Waals surface area contributed by atoms with E-state index < -0.39 is 0 Å². The standard InChI is InChI=1S/C19H23N3O3S/c23-18(16-7-4-12-25-16)20-8-9-21-19(24)17(15-5-2-1-3-6-15)22-10-13-26-14-11-22/h1-7,12,17H,8-11,13-14H2,(H,20,23)(H,21,24). The Morgan fingerprint density at radius 3 is 2.46 bits per heavy atom. The molecular weight excluding hydrogens is 350 g/mol. The van der Waals surface area contributed by atoms with E-state index in [9.17, 15) is 9.59 Å². The largest absolute Gasteiger partial charge is 0.459 e. The molecule has 0 radical (unpaired) electrons. The zero-order chi connectivity index (χ0) is 18.2. The molecule has 1 saturated heterocycles. The van der Waals surface area contributed by atoms with Gasteiger partial charge in [-0.3, -0.25) is 14.5 Å². The maximum Gasteiger partial charge on any atom is 0.287 e. The van der Waals surface area contributed by atoms with Gasteiger partial charge in [-0.2, -0.15) is 11.8 Å². The molecule has 0 bridgehead atoms. The van der Waals surface area contributed by atoms with Crippen LogP contribution in [0.5, 0.6) is 0 Å². The highest BCUT2D eigenvalue weighted by molar-refractivity contribution is 7.99. The van der Waals surface area contributed by atoms with Crippen LogP contribution in [0.2, 0.25) is 0 Å². The van der Waals surface area contributed by atoms with Crippen molar-refractivity contribution in [1.82, 2.24) is 15.5 Å². The Bertz CT molecular complexity index is 700. The van der Waals surface area contributed by atoms with Crippen LogP contribution in [0.4, 0.5) is 0 Å². The Labute approximate surface area is 157 Å². The molecule has 1 atom stereocenters. The smallest absolute Gasteiger partial charge is 0.287 e. The van der Waals surface area contributed by atoms with Crippen molar-refractivity contribution >= 4 is 23.6 Å². The lowest BCUT2D eigenvalue weighted by Crippen LogP contribution is -2.45. The van der Waals surface area contributed by atoms with Crippen LogP contribution in [0.15, 0.2) is 53.1 Å². The van der Waals surface area contributed by atoms with Gasteiger partial charge >= 0.3 is 0 Å². The van der Waals surface area contributed by atoms with Gasteiger partial charge in [-0.25, -0.2) is 0 Å². The van der Waals surface area contributed by atoms with Gasteiger partial charge in [-0.1, -0.05) is 30.3 Å². The summed E-state index contributed by atoms with van der Waals surface area (Å²) in [6.07, 6.45) is 1.46. The first-order chi connectivity index (χ1) is 12.8. The van der Waals surface area contributed by atoms with Crippen molar-refractivity contribution in [2.45, 2.75) is 6.04 Å². The first kappa shape index (κ1) is 18.5. The van der Waals surface area contributed by atoms with Crippen molar-refractivity contribution < 1.29 is 14.0 Å². The molecule has 1 aliphatic heterocycles. The SMILES string of the molecule is O=C(NCCNC(=O)C(c1ccccc1)N1CCSCC1)c1ccco1. The number of nitrogens with one attached hydrogen (secondary N) is 2. The number of rotatable bonds is 7. The van der Waals surface area contributed by atoms with E-state index in [1.807, 2.05) is 42.1 Å². The number of hydrogen-bond acceptors (Lipinski definition) is 5. The molecule has 0 saturated carbocycles. The van der Waals surface area contributed by atoms with Crippen LogP contribution in [-0.2, 0) is 4.79 Å². The quantitative estimate of drug-likeness (QED) is 0.726. The lowest BCUT2D eigenvalue weighted by Gasteiger charge is -2.33. The maximum absolute atomic E-state index is 12.8. The molecular formula is C19H23N3O3S. The summed E-state index contributed by atoms with van der Waals surface area (Å²) in [5.41, 5.74) is 0.997. The molecule has 2 heterocycles. The highest BCUT2D eigenvalue weighted by Crippen LogP contribution is 2.24. The third-order valence-corrected chi connectivity index (χ3v) is 5.17. The summed E-state index contributed by atoms with van der Waals surface area (Å²) in [6, 6.07) is 12.8. The molecule has 26 heavy (non-hydrogen) atoms. The molecule has 0 aliphatic carbocycles. The van der Waals surface area contributed by atoms with E-state index in [0.29, 0.717) is 13.1 Å². The Morgan fingerprint density at radius 2 is 1.77 bits per heavy atom. The van der Waals surface area contributed by atoms with Crippen LogP contribution in [-0.4, -0.2) is 54.4 Å². The molecule has 1 unspecified atom stereocenters. The second kappa shape index (κ2) is 9.45. The minimum Gasteiger partial charge on any atom is -0.459 e. The second-order valence-corrected chi connectivity index (χ2v) is 7.21. The fraction of sp³-hybridized carbons (Fsp3) is 0.368. The number of benzene rings is 1. The molecule has 138 valence electrons. The van der Waals surface area contributed by atoms with Gasteiger partial charge in [-0.15, -0.1) is 0 Å². The first-order valence-electron chi connectivity index (χ1n) is 8.72. The molecule has 2 aromatic rings. The molecule has 1 aromatic heterocycles. The fourth-order valence-corrected chi connectivity index (χ4v) is 3.88. The summed E-state index contributed by atoms with van der Waals surface area (Å²) in [7, 11) is 0. The molecule has 1 fully saturated rings. The third-order valence-electron chi connectivity index (χ3n) is 4.23. The molecule has 2 amide bonds. The zero-order valence-electron chi connectivity index (χ0n) is 14.5. The van der Waals surface area contributed by atoms with Gasteiger partial charge in [0, 0.05) is 37.7 Å². The van der Waals surface area contributed by atoms with Gasteiger partial charge in [0.25, 0.3) is 5.91 Å². The summed E-state index contributed by atoms with van der Waals surface area (Å²) < 4.78 is 5.04. The highest BCUT2D eigenvalue weighted by atomic mass is 32.2. The summed E-state index contributed by atoms with van der Waals surface area (Å²) in [6.45, 7) is 2.51. The Morgan fingerprint density at radius 1 is 1.04 bits per heavy atom. The lowest BCUT2D eigenvalue weighted by molar-refractivity contribution is -0.126. The van der Waals surface area contributed by atoms with E-state index in [1.165, 1.54) is 6.26 Å². The summed E-state index contributed by atoms with van der Waals surface area (Å²) in [5.74, 6) is 2.03. The summed E-state index contributed by atoms with van der Waals surface area (Å²) >= 11 is 1.92. The van der Waals surface area contributed by atoms with Crippen LogP contribution in [0.1, 0.15) is 22.2 Å². The van der Waals surface area contributed by atoms with Crippen LogP contribution >= 0.6 is 11.8 Å². The minimum absolute atomic E-state index is 0.0321. The van der Waals surface area contributed by atoms with Crippen molar-refractivity contribution in [2.24, 2.45) is 0 Å². The fourth-order valence-electron chi connectivity index (χ4n) is 2.95. The Kier molecular flexibility index (Phi) is 6.74. The van der Waals surface area contributed by atoms with E-state index in [0.717, 1.165) is 30.2 Å². The monoisotopic (exact) mass is 373 g/mol. The number of carbonyl (C=O) groups excluding carboxylic acids is 2. The topological polar surface area (TPSA) is 74.6 Å². The predicted molar refractivity (Wildman–Crippen MR) is 102 cm³/mol. The van der Waals surface area contributed by atoms with E-state index in [4.69, 9.17) is 4.42 Å². The van der Waals surface area contributed by atoms with Crippen molar-refractivity contribution in [3.8, 4) is 0 Å². The van der Waals surface area contributed by atoms with Gasteiger partial charge in [-0.05, 0) is 17.7 Å². The van der Waals surface area contributed by atoms with E-state index in [-0.39, 0.29) is 23.6 Å². The Hall–Kier alpha value is -2.25. The molecule has 3 rings (SSSR count). The van der Waals surface area contributed by atoms with Gasteiger partial charge in [0.05, 0.1) is 6.26 Å². The summed E-state index contributed by atoms with van der Waals surface area (Å²) in [5, 5.41) is 5.68. The average molecular weight is 373 g/mol. The van der Waals surface area contributed by atoms with Crippen LogP contribution in [0.3, 0.4) is 0 Å². The van der Waals surface area contributed by atoms with Gasteiger partial charge in [0.1, 0.15) is 6.04 Å². The van der Waals surface area contributed by atoms with Crippen LogP contribution in [0.25, 0.3) is 0 Å². The molecule has 1 aliphatic rings. The van der Waals surface area contributed by atoms with Crippen LogP contribution in [0, 0.1) is 0 Å². The maximum atomic E-state index is 12.8. The van der Waals surface area contributed by atoms with Crippen molar-refractivity contribution in [3.05, 3.63) is 60.1 Å². The van der Waals surface area contributed by atoms with Crippen molar-refractivity contribution in [1.29, 1.82) is 0 Å².